The van der Waals surface area contributed by atoms with E-state index in [-0.39, 0.29) is 11.8 Å². The normalized spacial score (nSPS) is 16.7. The van der Waals surface area contributed by atoms with E-state index in [9.17, 15) is 4.79 Å². The topological polar surface area (TPSA) is 41.5 Å². The predicted octanol–water partition coefficient (Wildman–Crippen LogP) is 4.02. The Hall–Kier alpha value is -1.06. The summed E-state index contributed by atoms with van der Waals surface area (Å²) < 4.78 is 0. The van der Waals surface area contributed by atoms with Crippen LogP contribution in [0.4, 0.5) is 0 Å². The van der Waals surface area contributed by atoms with Crippen molar-refractivity contribution in [3.8, 4) is 0 Å². The van der Waals surface area contributed by atoms with E-state index in [1.807, 2.05) is 0 Å². The number of rotatable bonds is 3. The van der Waals surface area contributed by atoms with E-state index >= 15 is 0 Å². The summed E-state index contributed by atoms with van der Waals surface area (Å²) in [5.41, 5.74) is 3.27. The van der Waals surface area contributed by atoms with Crippen molar-refractivity contribution >= 4 is 35.3 Å². The number of nitrogens with one attached hydrogen (secondary N) is 1. The first kappa shape index (κ1) is 14.4. The van der Waals surface area contributed by atoms with Crippen molar-refractivity contribution in [2.45, 2.75) is 32.1 Å². The van der Waals surface area contributed by atoms with Gasteiger partial charge in [-0.3, -0.25) is 4.79 Å². The molecule has 1 aliphatic carbocycles. The zero-order valence-corrected chi connectivity index (χ0v) is 12.0. The third-order valence-corrected chi connectivity index (χ3v) is 4.17. The number of hydrogen-bond donors (Lipinski definition) is 1. The molecule has 0 bridgehead atoms. The summed E-state index contributed by atoms with van der Waals surface area (Å²) in [6.07, 6.45) is 6.92. The Morgan fingerprint density at radius 2 is 2.00 bits per heavy atom. The summed E-state index contributed by atoms with van der Waals surface area (Å²) >= 11 is 11.9. The molecule has 1 amide bonds. The van der Waals surface area contributed by atoms with E-state index in [2.05, 4.69) is 10.5 Å². The van der Waals surface area contributed by atoms with Crippen LogP contribution in [0.1, 0.15) is 37.7 Å². The third-order valence-electron chi connectivity index (χ3n) is 3.34. The van der Waals surface area contributed by atoms with Crippen molar-refractivity contribution in [3.05, 3.63) is 33.8 Å². The molecule has 0 aliphatic heterocycles. The van der Waals surface area contributed by atoms with Crippen LogP contribution in [0.2, 0.25) is 10.0 Å². The first-order valence-electron chi connectivity index (χ1n) is 6.45. The molecule has 3 nitrogen and oxygen atoms in total. The lowest BCUT2D eigenvalue weighted by molar-refractivity contribution is -0.125. The van der Waals surface area contributed by atoms with Gasteiger partial charge in [0, 0.05) is 11.5 Å². The molecular formula is C14H16Cl2N2O. The van der Waals surface area contributed by atoms with E-state index in [4.69, 9.17) is 23.2 Å². The van der Waals surface area contributed by atoms with Gasteiger partial charge in [-0.2, -0.15) is 5.10 Å². The molecule has 1 saturated carbocycles. The predicted molar refractivity (Wildman–Crippen MR) is 78.8 cm³/mol. The Morgan fingerprint density at radius 1 is 1.26 bits per heavy atom. The lowest BCUT2D eigenvalue weighted by Gasteiger charge is -2.19. The van der Waals surface area contributed by atoms with Crippen molar-refractivity contribution in [3.63, 3.8) is 0 Å². The van der Waals surface area contributed by atoms with Gasteiger partial charge in [0.05, 0.1) is 16.3 Å². The summed E-state index contributed by atoms with van der Waals surface area (Å²) in [6.45, 7) is 0. The van der Waals surface area contributed by atoms with Crippen LogP contribution < -0.4 is 5.43 Å². The Morgan fingerprint density at radius 3 is 2.74 bits per heavy atom. The van der Waals surface area contributed by atoms with Gasteiger partial charge in [-0.05, 0) is 18.9 Å². The van der Waals surface area contributed by atoms with Gasteiger partial charge in [-0.15, -0.1) is 0 Å². The molecule has 0 heterocycles. The molecule has 0 atom stereocenters. The summed E-state index contributed by atoms with van der Waals surface area (Å²) in [6, 6.07) is 5.30. The monoisotopic (exact) mass is 298 g/mol. The molecule has 1 aromatic rings. The molecule has 102 valence electrons. The maximum atomic E-state index is 11.9. The minimum Gasteiger partial charge on any atom is -0.273 e. The molecule has 0 saturated heterocycles. The molecule has 0 spiro atoms. The fraction of sp³-hybridized carbons (Fsp3) is 0.429. The second-order valence-corrected chi connectivity index (χ2v) is 5.50. The molecule has 1 aromatic carbocycles. The molecule has 0 radical (unpaired) electrons. The van der Waals surface area contributed by atoms with Crippen LogP contribution in [0.3, 0.4) is 0 Å². The van der Waals surface area contributed by atoms with Gasteiger partial charge in [0.15, 0.2) is 0 Å². The number of nitrogens with zero attached hydrogens (tertiary/aromatic N) is 1. The highest BCUT2D eigenvalue weighted by atomic mass is 35.5. The van der Waals surface area contributed by atoms with Crippen LogP contribution in [0.25, 0.3) is 0 Å². The first-order valence-corrected chi connectivity index (χ1v) is 7.21. The van der Waals surface area contributed by atoms with Crippen LogP contribution >= 0.6 is 23.2 Å². The Kier molecular flexibility index (Phi) is 5.23. The van der Waals surface area contributed by atoms with Crippen molar-refractivity contribution in [1.82, 2.24) is 5.43 Å². The van der Waals surface area contributed by atoms with Gasteiger partial charge in [0.1, 0.15) is 0 Å². The lowest BCUT2D eigenvalue weighted by Crippen LogP contribution is -2.28. The molecule has 2 rings (SSSR count). The highest BCUT2D eigenvalue weighted by Crippen LogP contribution is 2.25. The van der Waals surface area contributed by atoms with Gasteiger partial charge in [-0.25, -0.2) is 5.43 Å². The largest absolute Gasteiger partial charge is 0.273 e. The number of carbonyl (C=O) groups is 1. The fourth-order valence-electron chi connectivity index (χ4n) is 2.24. The standard InChI is InChI=1S/C14H16Cl2N2O/c15-12-8-4-7-11(13(12)16)9-17-18-14(19)10-5-2-1-3-6-10/h4,7-10H,1-3,5-6H2,(H,18,19)/b17-9+. The SMILES string of the molecule is O=C(N/N=C/c1cccc(Cl)c1Cl)C1CCCCC1. The maximum Gasteiger partial charge on any atom is 0.243 e. The van der Waals surface area contributed by atoms with E-state index in [0.29, 0.717) is 15.6 Å². The quantitative estimate of drug-likeness (QED) is 0.664. The summed E-state index contributed by atoms with van der Waals surface area (Å²) in [4.78, 5) is 11.9. The van der Waals surface area contributed by atoms with Crippen LogP contribution in [0.5, 0.6) is 0 Å². The van der Waals surface area contributed by atoms with Crippen molar-refractivity contribution in [1.29, 1.82) is 0 Å². The number of benzene rings is 1. The molecule has 5 heteroatoms. The minimum absolute atomic E-state index is 0.00546. The van der Waals surface area contributed by atoms with Gasteiger partial charge in [-0.1, -0.05) is 54.6 Å². The average molecular weight is 299 g/mol. The summed E-state index contributed by atoms with van der Waals surface area (Å²) in [7, 11) is 0. The van der Waals surface area contributed by atoms with Gasteiger partial charge in [0.2, 0.25) is 5.91 Å². The van der Waals surface area contributed by atoms with E-state index < -0.39 is 0 Å². The highest BCUT2D eigenvalue weighted by molar-refractivity contribution is 6.43. The highest BCUT2D eigenvalue weighted by Gasteiger charge is 2.20. The summed E-state index contributed by atoms with van der Waals surface area (Å²) in [5.74, 6) is 0.0924. The van der Waals surface area contributed by atoms with Crippen molar-refractivity contribution < 1.29 is 4.79 Å². The number of hydrogen-bond acceptors (Lipinski definition) is 2. The zero-order chi connectivity index (χ0) is 13.7. The van der Waals surface area contributed by atoms with Crippen LogP contribution in [0, 0.1) is 5.92 Å². The molecule has 0 unspecified atom stereocenters. The third kappa shape index (κ3) is 3.95. The van der Waals surface area contributed by atoms with E-state index in [0.717, 1.165) is 25.7 Å². The molecule has 0 aromatic heterocycles. The Bertz CT molecular complexity index is 482. The van der Waals surface area contributed by atoms with Crippen LogP contribution in [0.15, 0.2) is 23.3 Å². The van der Waals surface area contributed by atoms with E-state index in [1.54, 1.807) is 18.2 Å². The van der Waals surface area contributed by atoms with Gasteiger partial charge in [0.25, 0.3) is 0 Å². The fourth-order valence-corrected chi connectivity index (χ4v) is 2.60. The minimum atomic E-state index is -0.00546. The smallest absolute Gasteiger partial charge is 0.243 e. The first-order chi connectivity index (χ1) is 9.18. The number of halogens is 2. The van der Waals surface area contributed by atoms with Crippen molar-refractivity contribution in [2.24, 2.45) is 11.0 Å². The lowest BCUT2D eigenvalue weighted by atomic mass is 9.89. The maximum absolute atomic E-state index is 11.9. The van der Waals surface area contributed by atoms with Crippen LogP contribution in [-0.4, -0.2) is 12.1 Å². The molecular weight excluding hydrogens is 283 g/mol. The molecule has 1 aliphatic rings. The molecule has 1 N–H and O–H groups in total. The van der Waals surface area contributed by atoms with Crippen LogP contribution in [-0.2, 0) is 4.79 Å². The molecule has 19 heavy (non-hydrogen) atoms. The second kappa shape index (κ2) is 6.92. The average Bonchev–Trinajstić information content (AvgIpc) is 2.44. The second-order valence-electron chi connectivity index (χ2n) is 4.71. The molecule has 1 fully saturated rings. The van der Waals surface area contributed by atoms with Gasteiger partial charge >= 0.3 is 0 Å². The zero-order valence-electron chi connectivity index (χ0n) is 10.5. The van der Waals surface area contributed by atoms with E-state index in [1.165, 1.54) is 12.6 Å². The number of hydrazone groups is 1. The van der Waals surface area contributed by atoms with Crippen molar-refractivity contribution in [2.75, 3.05) is 0 Å². The van der Waals surface area contributed by atoms with Gasteiger partial charge < -0.3 is 0 Å². The number of carbonyl (C=O) groups excluding carboxylic acids is 1. The number of amides is 1. The Labute approximate surface area is 123 Å². The summed E-state index contributed by atoms with van der Waals surface area (Å²) in [5, 5.41) is 4.87. The Balaban J connectivity index is 1.92.